The molecule has 0 heteroatoms. The molecule has 136 valence electrons. The van der Waals surface area contributed by atoms with Crippen LogP contribution in [0.3, 0.4) is 0 Å². The van der Waals surface area contributed by atoms with Crippen molar-refractivity contribution < 1.29 is 0 Å². The first kappa shape index (κ1) is 16.1. The maximum atomic E-state index is 2.48. The van der Waals surface area contributed by atoms with E-state index < -0.39 is 0 Å². The van der Waals surface area contributed by atoms with E-state index in [1.807, 2.05) is 0 Å². The van der Waals surface area contributed by atoms with Crippen molar-refractivity contribution in [3.8, 4) is 22.3 Å². The largest absolute Gasteiger partial charge is 0.0619 e. The topological polar surface area (TPSA) is 0 Å². The van der Waals surface area contributed by atoms with E-state index in [2.05, 4.69) is 81.4 Å². The van der Waals surface area contributed by atoms with Gasteiger partial charge >= 0.3 is 0 Å². The summed E-state index contributed by atoms with van der Waals surface area (Å²) in [6.45, 7) is 6.92. The Morgan fingerprint density at radius 1 is 0.714 bits per heavy atom. The molecule has 0 fully saturated rings. The first-order valence-electron chi connectivity index (χ1n) is 10.4. The molecule has 0 amide bonds. The summed E-state index contributed by atoms with van der Waals surface area (Å²) in [7, 11) is 0. The van der Waals surface area contributed by atoms with E-state index in [1.165, 1.54) is 55.3 Å². The smallest absolute Gasteiger partial charge is 0.00103 e. The first-order valence-corrected chi connectivity index (χ1v) is 10.4. The maximum Gasteiger partial charge on any atom is -0.00103 e. The van der Waals surface area contributed by atoms with Crippen LogP contribution in [0.1, 0.15) is 53.1 Å². The molecular formula is C28H24. The molecule has 0 bridgehead atoms. The minimum absolute atomic E-state index is 0.564. The van der Waals surface area contributed by atoms with E-state index >= 15 is 0 Å². The third kappa shape index (κ3) is 2.06. The van der Waals surface area contributed by atoms with E-state index in [0.29, 0.717) is 5.92 Å². The summed E-state index contributed by atoms with van der Waals surface area (Å²) in [5, 5.41) is 2.80. The monoisotopic (exact) mass is 360 g/mol. The van der Waals surface area contributed by atoms with Crippen molar-refractivity contribution >= 4 is 10.8 Å². The lowest BCUT2D eigenvalue weighted by Crippen LogP contribution is -1.98. The van der Waals surface area contributed by atoms with E-state index in [9.17, 15) is 0 Å². The molecule has 2 aliphatic carbocycles. The van der Waals surface area contributed by atoms with Crippen molar-refractivity contribution in [1.29, 1.82) is 0 Å². The van der Waals surface area contributed by atoms with Crippen LogP contribution in [0.25, 0.3) is 33.0 Å². The van der Waals surface area contributed by atoms with Gasteiger partial charge in [0.25, 0.3) is 0 Å². The van der Waals surface area contributed by atoms with Crippen molar-refractivity contribution in [2.75, 3.05) is 0 Å². The lowest BCUT2D eigenvalue weighted by Gasteiger charge is -2.16. The molecule has 0 unspecified atom stereocenters. The highest BCUT2D eigenvalue weighted by molar-refractivity contribution is 6.04. The first-order chi connectivity index (χ1) is 13.6. The summed E-state index contributed by atoms with van der Waals surface area (Å²) in [6, 6.07) is 23.2. The molecule has 0 N–H and O–H groups in total. The fraction of sp³-hybridized carbons (Fsp3) is 0.214. The number of rotatable bonds is 1. The fourth-order valence-corrected chi connectivity index (χ4v) is 5.67. The Bertz CT molecular complexity index is 1290. The predicted octanol–water partition coefficient (Wildman–Crippen LogP) is 7.41. The highest BCUT2D eigenvalue weighted by atomic mass is 14.3. The predicted molar refractivity (Wildman–Crippen MR) is 119 cm³/mol. The highest BCUT2D eigenvalue weighted by Gasteiger charge is 2.26. The molecule has 0 saturated heterocycles. The summed E-state index contributed by atoms with van der Waals surface area (Å²) in [5.41, 5.74) is 14.8. The molecule has 0 nitrogen and oxygen atoms in total. The molecule has 4 aromatic carbocycles. The fourth-order valence-electron chi connectivity index (χ4n) is 5.67. The Balaban J connectivity index is 1.63. The molecule has 0 aromatic heterocycles. The van der Waals surface area contributed by atoms with Gasteiger partial charge in [0.15, 0.2) is 0 Å². The van der Waals surface area contributed by atoms with Gasteiger partial charge in [0.1, 0.15) is 0 Å². The third-order valence-electron chi connectivity index (χ3n) is 6.81. The molecule has 4 aromatic rings. The lowest BCUT2D eigenvalue weighted by atomic mass is 9.89. The average molecular weight is 361 g/mol. The van der Waals surface area contributed by atoms with Crippen LogP contribution in [0.15, 0.2) is 60.7 Å². The number of fused-ring (bicyclic) bond motifs is 8. The number of hydrogen-bond donors (Lipinski definition) is 0. The second-order valence-electron chi connectivity index (χ2n) is 8.82. The standard InChI is InChI=1S/C28H24/c1-16(2)27-17(3)8-11-23-26(27)14-20-10-9-19-13-24-21(15-25(19)28(20)23)12-18-6-4-5-7-22(18)24/h4-11,13,15-16H,12,14H2,1-3H3. The summed E-state index contributed by atoms with van der Waals surface area (Å²) in [6.07, 6.45) is 2.14. The molecule has 0 saturated carbocycles. The zero-order valence-corrected chi connectivity index (χ0v) is 16.8. The van der Waals surface area contributed by atoms with Crippen LogP contribution < -0.4 is 0 Å². The van der Waals surface area contributed by atoms with Crippen molar-refractivity contribution in [2.24, 2.45) is 0 Å². The Morgan fingerprint density at radius 3 is 2.43 bits per heavy atom. The van der Waals surface area contributed by atoms with Gasteiger partial charge in [-0.2, -0.15) is 0 Å². The van der Waals surface area contributed by atoms with Gasteiger partial charge in [-0.3, -0.25) is 0 Å². The van der Waals surface area contributed by atoms with Crippen molar-refractivity contribution in [3.05, 3.63) is 94.0 Å². The van der Waals surface area contributed by atoms with Gasteiger partial charge in [-0.15, -0.1) is 0 Å². The molecule has 0 aliphatic heterocycles. The van der Waals surface area contributed by atoms with Crippen LogP contribution in [0.5, 0.6) is 0 Å². The maximum absolute atomic E-state index is 2.48. The number of aryl methyl sites for hydroxylation is 1. The molecule has 0 atom stereocenters. The second kappa shape index (κ2) is 5.58. The zero-order chi connectivity index (χ0) is 19.0. The van der Waals surface area contributed by atoms with Gasteiger partial charge in [-0.05, 0) is 104 Å². The molecular weight excluding hydrogens is 336 g/mol. The average Bonchev–Trinajstić information content (AvgIpc) is 3.23. The molecule has 0 radical (unpaired) electrons. The van der Waals surface area contributed by atoms with Crippen molar-refractivity contribution in [2.45, 2.75) is 39.5 Å². The lowest BCUT2D eigenvalue weighted by molar-refractivity contribution is 0.842. The molecule has 28 heavy (non-hydrogen) atoms. The van der Waals surface area contributed by atoms with Crippen LogP contribution >= 0.6 is 0 Å². The van der Waals surface area contributed by atoms with Gasteiger partial charge in [0, 0.05) is 0 Å². The highest BCUT2D eigenvalue weighted by Crippen LogP contribution is 2.47. The molecule has 6 rings (SSSR count). The quantitative estimate of drug-likeness (QED) is 0.286. The number of benzene rings is 4. The zero-order valence-electron chi connectivity index (χ0n) is 16.8. The van der Waals surface area contributed by atoms with Crippen molar-refractivity contribution in [3.63, 3.8) is 0 Å². The van der Waals surface area contributed by atoms with E-state index in [1.54, 1.807) is 11.1 Å². The van der Waals surface area contributed by atoms with Gasteiger partial charge in [-0.1, -0.05) is 62.4 Å². The Hall–Kier alpha value is -2.86. The summed E-state index contributed by atoms with van der Waals surface area (Å²) < 4.78 is 0. The Labute approximate surface area is 166 Å². The molecule has 0 spiro atoms. The van der Waals surface area contributed by atoms with Crippen LogP contribution in [-0.4, -0.2) is 0 Å². The van der Waals surface area contributed by atoms with Gasteiger partial charge < -0.3 is 0 Å². The van der Waals surface area contributed by atoms with Crippen LogP contribution in [-0.2, 0) is 12.8 Å². The van der Waals surface area contributed by atoms with Gasteiger partial charge in [-0.25, -0.2) is 0 Å². The van der Waals surface area contributed by atoms with Crippen LogP contribution in [0.2, 0.25) is 0 Å². The summed E-state index contributed by atoms with van der Waals surface area (Å²) in [5.74, 6) is 0.564. The van der Waals surface area contributed by atoms with Crippen LogP contribution in [0, 0.1) is 6.92 Å². The molecule has 2 aliphatic rings. The second-order valence-corrected chi connectivity index (χ2v) is 8.82. The van der Waals surface area contributed by atoms with E-state index in [0.717, 1.165) is 12.8 Å². The summed E-state index contributed by atoms with van der Waals surface area (Å²) in [4.78, 5) is 0. The minimum Gasteiger partial charge on any atom is -0.0619 e. The summed E-state index contributed by atoms with van der Waals surface area (Å²) >= 11 is 0. The Morgan fingerprint density at radius 2 is 1.57 bits per heavy atom. The van der Waals surface area contributed by atoms with Crippen molar-refractivity contribution in [1.82, 2.24) is 0 Å². The Kier molecular flexibility index (Phi) is 3.21. The third-order valence-corrected chi connectivity index (χ3v) is 6.81. The normalized spacial score (nSPS) is 13.6. The van der Waals surface area contributed by atoms with E-state index in [4.69, 9.17) is 0 Å². The van der Waals surface area contributed by atoms with Gasteiger partial charge in [0.05, 0.1) is 0 Å². The van der Waals surface area contributed by atoms with Gasteiger partial charge in [0.2, 0.25) is 0 Å². The van der Waals surface area contributed by atoms with E-state index in [-0.39, 0.29) is 0 Å². The van der Waals surface area contributed by atoms with Crippen LogP contribution in [0.4, 0.5) is 0 Å². The minimum atomic E-state index is 0.564. The SMILES string of the molecule is Cc1ccc2c(c1C(C)C)Cc1ccc3cc4c(cc3c1-2)Cc1ccccc1-4. The molecule has 0 heterocycles. The number of hydrogen-bond acceptors (Lipinski definition) is 0.